The molecule has 0 saturated heterocycles. The lowest BCUT2D eigenvalue weighted by atomic mass is 9.85. The van der Waals surface area contributed by atoms with E-state index in [1.807, 2.05) is 0 Å². The highest BCUT2D eigenvalue weighted by Gasteiger charge is 2.51. The molecule has 0 aromatic carbocycles. The fraction of sp³-hybridized carbons (Fsp3) is 0.870. The van der Waals surface area contributed by atoms with Gasteiger partial charge in [0.05, 0.1) is 6.61 Å². The molecule has 6 atom stereocenters. The summed E-state index contributed by atoms with van der Waals surface area (Å²) in [4.78, 5) is 35.6. The Bertz CT molecular complexity index is 1150. The molecule has 0 aromatic heterocycles. The van der Waals surface area contributed by atoms with Gasteiger partial charge in [-0.1, -0.05) is 154 Å². The first-order valence-electron chi connectivity index (χ1n) is 23.6. The Hall–Kier alpha value is -1.67. The lowest BCUT2D eigenvalue weighted by Crippen LogP contribution is -2.64. The molecule has 0 bridgehead atoms. The number of esters is 2. The monoisotopic (exact) mass is 877 g/mol. The summed E-state index contributed by atoms with van der Waals surface area (Å²) in [6, 6.07) is 0. The van der Waals surface area contributed by atoms with Gasteiger partial charge in [0.15, 0.2) is 6.10 Å². The molecule has 1 rings (SSSR count). The van der Waals surface area contributed by atoms with E-state index in [-0.39, 0.29) is 12.8 Å². The van der Waals surface area contributed by atoms with Crippen LogP contribution in [0.5, 0.6) is 0 Å². The maximum atomic E-state index is 12.8. The Morgan fingerprint density at radius 3 is 1.33 bits per heavy atom. The van der Waals surface area contributed by atoms with E-state index in [2.05, 4.69) is 38.2 Å². The van der Waals surface area contributed by atoms with Gasteiger partial charge in [-0.3, -0.25) is 18.6 Å². The second kappa shape index (κ2) is 36.8. The van der Waals surface area contributed by atoms with Crippen LogP contribution in [0.15, 0.2) is 24.3 Å². The minimum atomic E-state index is -5.11. The molecule has 352 valence electrons. The minimum Gasteiger partial charge on any atom is -0.462 e. The molecule has 13 nitrogen and oxygen atoms in total. The molecule has 1 aliphatic carbocycles. The summed E-state index contributed by atoms with van der Waals surface area (Å²) in [7, 11) is -5.11. The van der Waals surface area contributed by atoms with E-state index in [1.165, 1.54) is 83.5 Å². The van der Waals surface area contributed by atoms with Crippen molar-refractivity contribution in [2.24, 2.45) is 0 Å². The second-order valence-electron chi connectivity index (χ2n) is 16.6. The topological polar surface area (TPSA) is 210 Å². The number of allylic oxidation sites excluding steroid dienone is 4. The number of ether oxygens (including phenoxy) is 2. The number of aliphatic hydroxyl groups is 5. The van der Waals surface area contributed by atoms with E-state index in [9.17, 15) is 44.6 Å². The van der Waals surface area contributed by atoms with Crippen molar-refractivity contribution in [2.75, 3.05) is 13.2 Å². The summed E-state index contributed by atoms with van der Waals surface area (Å²) < 4.78 is 33.5. The van der Waals surface area contributed by atoms with Crippen LogP contribution < -0.4 is 0 Å². The molecule has 6 N–H and O–H groups in total. The fourth-order valence-corrected chi connectivity index (χ4v) is 8.14. The van der Waals surface area contributed by atoms with Crippen molar-refractivity contribution in [3.63, 3.8) is 0 Å². The van der Waals surface area contributed by atoms with Crippen molar-refractivity contribution in [2.45, 2.75) is 243 Å². The van der Waals surface area contributed by atoms with Crippen molar-refractivity contribution in [1.82, 2.24) is 0 Å². The molecule has 14 heteroatoms. The summed E-state index contributed by atoms with van der Waals surface area (Å²) in [5, 5.41) is 50.1. The van der Waals surface area contributed by atoms with Crippen LogP contribution in [0.2, 0.25) is 0 Å². The van der Waals surface area contributed by atoms with Gasteiger partial charge in [0.25, 0.3) is 0 Å². The van der Waals surface area contributed by atoms with Gasteiger partial charge >= 0.3 is 19.8 Å². The molecule has 1 saturated carbocycles. The third-order valence-corrected chi connectivity index (χ3v) is 12.0. The number of hydrogen-bond donors (Lipinski definition) is 6. The van der Waals surface area contributed by atoms with E-state index in [0.29, 0.717) is 12.8 Å². The minimum absolute atomic E-state index is 0.0945. The normalized spacial score (nSPS) is 22.3. The molecule has 0 radical (unpaired) electrons. The summed E-state index contributed by atoms with van der Waals surface area (Å²) in [6.07, 6.45) is 26.8. The van der Waals surface area contributed by atoms with Crippen molar-refractivity contribution < 1.29 is 63.1 Å². The zero-order chi connectivity index (χ0) is 44.3. The van der Waals surface area contributed by atoms with E-state index in [0.717, 1.165) is 77.0 Å². The number of unbranched alkanes of at least 4 members (excludes halogenated alkanes) is 23. The highest BCUT2D eigenvalue weighted by molar-refractivity contribution is 7.47. The molecule has 6 unspecified atom stereocenters. The number of rotatable bonds is 39. The second-order valence-corrected chi connectivity index (χ2v) is 18.0. The first-order chi connectivity index (χ1) is 28.9. The molecule has 1 aliphatic rings. The summed E-state index contributed by atoms with van der Waals surface area (Å²) in [5.74, 6) is -1.11. The lowest BCUT2D eigenvalue weighted by molar-refractivity contribution is -0.220. The highest BCUT2D eigenvalue weighted by atomic mass is 31.2. The smallest absolute Gasteiger partial charge is 0.462 e. The number of carbonyl (C=O) groups is 2. The Kier molecular flexibility index (Phi) is 34.5. The first-order valence-corrected chi connectivity index (χ1v) is 25.1. The Morgan fingerprint density at radius 1 is 0.500 bits per heavy atom. The number of carbonyl (C=O) groups excluding carboxylic acids is 2. The van der Waals surface area contributed by atoms with E-state index < -0.39 is 75.7 Å². The van der Waals surface area contributed by atoms with Gasteiger partial charge in [-0.2, -0.15) is 0 Å². The van der Waals surface area contributed by atoms with Crippen LogP contribution in [-0.2, 0) is 32.7 Å². The Labute approximate surface area is 362 Å². The largest absolute Gasteiger partial charge is 0.472 e. The number of aliphatic hydroxyl groups excluding tert-OH is 5. The molecular weight excluding hydrogens is 791 g/mol. The molecule has 0 amide bonds. The van der Waals surface area contributed by atoms with E-state index >= 15 is 0 Å². The van der Waals surface area contributed by atoms with Crippen LogP contribution >= 0.6 is 7.82 Å². The van der Waals surface area contributed by atoms with Crippen LogP contribution in [0.3, 0.4) is 0 Å². The fourth-order valence-electron chi connectivity index (χ4n) is 7.17. The van der Waals surface area contributed by atoms with Gasteiger partial charge in [-0.05, 0) is 57.8 Å². The molecule has 1 fully saturated rings. The van der Waals surface area contributed by atoms with E-state index in [1.54, 1.807) is 0 Å². The molecule has 0 spiro atoms. The molecule has 0 aromatic rings. The SMILES string of the molecule is CCC/C=C\CCCCCCCC(=O)OCC(COP(=O)(O)OC1C(O)C(O)C(O)C(O)C1O)OC(=O)CCCCCCCCCCC/C=C\CCCCCCCCCC. The van der Waals surface area contributed by atoms with Crippen molar-refractivity contribution >= 4 is 19.8 Å². The van der Waals surface area contributed by atoms with Gasteiger partial charge in [-0.25, -0.2) is 4.57 Å². The third kappa shape index (κ3) is 28.8. The maximum Gasteiger partial charge on any atom is 0.472 e. The zero-order valence-electron chi connectivity index (χ0n) is 37.3. The first kappa shape index (κ1) is 56.3. The highest BCUT2D eigenvalue weighted by Crippen LogP contribution is 2.47. The molecular formula is C46H85O13P. The van der Waals surface area contributed by atoms with Crippen LogP contribution in [0, 0.1) is 0 Å². The van der Waals surface area contributed by atoms with Crippen molar-refractivity contribution in [3.05, 3.63) is 24.3 Å². The number of hydrogen-bond acceptors (Lipinski definition) is 12. The number of phosphoric ester groups is 1. The average Bonchev–Trinajstić information content (AvgIpc) is 3.23. The van der Waals surface area contributed by atoms with Gasteiger partial charge in [-0.15, -0.1) is 0 Å². The lowest BCUT2D eigenvalue weighted by Gasteiger charge is -2.41. The summed E-state index contributed by atoms with van der Waals surface area (Å²) in [6.45, 7) is 3.23. The quantitative estimate of drug-likeness (QED) is 0.0147. The third-order valence-electron chi connectivity index (χ3n) is 11.0. The van der Waals surface area contributed by atoms with Gasteiger partial charge in [0.1, 0.15) is 43.2 Å². The Morgan fingerprint density at radius 2 is 0.883 bits per heavy atom. The van der Waals surface area contributed by atoms with Gasteiger partial charge < -0.3 is 39.9 Å². The number of phosphoric acid groups is 1. The summed E-state index contributed by atoms with van der Waals surface area (Å²) in [5.41, 5.74) is 0. The van der Waals surface area contributed by atoms with Crippen LogP contribution in [-0.4, -0.2) is 98.3 Å². The standard InChI is InChI=1S/C46H85O13P/c1-3-5-7-9-11-13-15-16-17-18-19-20-21-22-23-24-25-27-29-31-33-35-40(48)58-38(36-56-39(47)34-32-30-28-26-14-12-10-8-6-4-2)37-57-60(54,55)59-46-44(52)42(50)41(49)43(51)45(46)53/h8,10,18-19,38,41-46,49-53H,3-7,9,11-17,20-37H2,1-2H3,(H,54,55)/b10-8-,19-18-. The van der Waals surface area contributed by atoms with E-state index in [4.69, 9.17) is 18.5 Å². The maximum absolute atomic E-state index is 12.8. The van der Waals surface area contributed by atoms with Crippen LogP contribution in [0.4, 0.5) is 0 Å². The molecule has 0 heterocycles. The van der Waals surface area contributed by atoms with Crippen molar-refractivity contribution in [1.29, 1.82) is 0 Å². The average molecular weight is 877 g/mol. The predicted octanol–water partition coefficient (Wildman–Crippen LogP) is 9.23. The predicted molar refractivity (Wildman–Crippen MR) is 235 cm³/mol. The van der Waals surface area contributed by atoms with Gasteiger partial charge in [0, 0.05) is 12.8 Å². The van der Waals surface area contributed by atoms with Crippen molar-refractivity contribution in [3.8, 4) is 0 Å². The molecule has 60 heavy (non-hydrogen) atoms. The summed E-state index contributed by atoms with van der Waals surface area (Å²) >= 11 is 0. The Balaban J connectivity index is 2.39. The van der Waals surface area contributed by atoms with Gasteiger partial charge in [0.2, 0.25) is 0 Å². The van der Waals surface area contributed by atoms with Crippen LogP contribution in [0.1, 0.15) is 200 Å². The van der Waals surface area contributed by atoms with Crippen LogP contribution in [0.25, 0.3) is 0 Å². The molecule has 0 aliphatic heterocycles. The zero-order valence-corrected chi connectivity index (χ0v) is 38.2.